The number of piperidine rings is 1. The van der Waals surface area contributed by atoms with E-state index in [0.717, 1.165) is 36.3 Å². The molecule has 20 heavy (non-hydrogen) atoms. The number of halogens is 1. The summed E-state index contributed by atoms with van der Waals surface area (Å²) in [5.41, 5.74) is 6.51. The topological polar surface area (TPSA) is 46.3 Å². The van der Waals surface area contributed by atoms with Gasteiger partial charge in [-0.1, -0.05) is 12.1 Å². The standard InChI is InChI=1S/C15H22N2OS.ClH/c1-19-14-8-3-2-7-13(14)15(18)17-11-5-4-6-12(17)9-10-16;/h2-3,7-8,12H,4-6,9-11,16H2,1H3;1H. The van der Waals surface area contributed by atoms with Gasteiger partial charge in [0.2, 0.25) is 0 Å². The largest absolute Gasteiger partial charge is 0.336 e. The van der Waals surface area contributed by atoms with Crippen molar-refractivity contribution >= 4 is 30.1 Å². The lowest BCUT2D eigenvalue weighted by atomic mass is 9.98. The Morgan fingerprint density at radius 2 is 2.15 bits per heavy atom. The van der Waals surface area contributed by atoms with E-state index in [2.05, 4.69) is 0 Å². The zero-order chi connectivity index (χ0) is 13.7. The number of thioether (sulfide) groups is 1. The highest BCUT2D eigenvalue weighted by Crippen LogP contribution is 2.26. The van der Waals surface area contributed by atoms with Gasteiger partial charge in [0.05, 0.1) is 5.56 Å². The highest BCUT2D eigenvalue weighted by atomic mass is 35.5. The zero-order valence-corrected chi connectivity index (χ0v) is 13.5. The predicted octanol–water partition coefficient (Wildman–Crippen LogP) is 3.17. The molecule has 0 radical (unpaired) electrons. The van der Waals surface area contributed by atoms with Gasteiger partial charge in [-0.15, -0.1) is 24.2 Å². The first kappa shape index (κ1) is 17.3. The molecule has 1 heterocycles. The van der Waals surface area contributed by atoms with Gasteiger partial charge < -0.3 is 10.6 Å². The average molecular weight is 315 g/mol. The minimum Gasteiger partial charge on any atom is -0.336 e. The van der Waals surface area contributed by atoms with Crippen LogP contribution in [0.25, 0.3) is 0 Å². The summed E-state index contributed by atoms with van der Waals surface area (Å²) in [6.07, 6.45) is 6.32. The van der Waals surface area contributed by atoms with E-state index in [9.17, 15) is 4.79 Å². The van der Waals surface area contributed by atoms with Crippen molar-refractivity contribution < 1.29 is 4.79 Å². The Balaban J connectivity index is 0.00000200. The summed E-state index contributed by atoms with van der Waals surface area (Å²) >= 11 is 1.63. The van der Waals surface area contributed by atoms with Gasteiger partial charge in [-0.2, -0.15) is 0 Å². The molecule has 1 aromatic rings. The summed E-state index contributed by atoms with van der Waals surface area (Å²) in [5.74, 6) is 0.170. The van der Waals surface area contributed by atoms with Crippen LogP contribution < -0.4 is 5.73 Å². The second kappa shape index (κ2) is 8.55. The summed E-state index contributed by atoms with van der Waals surface area (Å²) in [6, 6.07) is 8.19. The number of likely N-dealkylation sites (tertiary alicyclic amines) is 1. The minimum atomic E-state index is 0. The maximum atomic E-state index is 12.7. The number of amides is 1. The molecule has 1 aliphatic rings. The van der Waals surface area contributed by atoms with Gasteiger partial charge in [-0.3, -0.25) is 4.79 Å². The van der Waals surface area contributed by atoms with E-state index in [1.54, 1.807) is 11.8 Å². The second-order valence-electron chi connectivity index (χ2n) is 4.93. The second-order valence-corrected chi connectivity index (χ2v) is 5.77. The van der Waals surface area contributed by atoms with Crippen LogP contribution in [0.2, 0.25) is 0 Å². The normalized spacial score (nSPS) is 18.5. The molecule has 2 rings (SSSR count). The van der Waals surface area contributed by atoms with Crippen molar-refractivity contribution in [1.82, 2.24) is 4.90 Å². The van der Waals surface area contributed by atoms with Gasteiger partial charge in [-0.05, 0) is 50.6 Å². The van der Waals surface area contributed by atoms with Crippen molar-refractivity contribution in [2.24, 2.45) is 5.73 Å². The molecule has 1 fully saturated rings. The van der Waals surface area contributed by atoms with Crippen LogP contribution in [-0.4, -0.2) is 36.2 Å². The number of hydrogen-bond acceptors (Lipinski definition) is 3. The van der Waals surface area contributed by atoms with E-state index in [-0.39, 0.29) is 18.3 Å². The molecule has 1 unspecified atom stereocenters. The molecule has 2 N–H and O–H groups in total. The number of hydrogen-bond donors (Lipinski definition) is 1. The van der Waals surface area contributed by atoms with E-state index < -0.39 is 0 Å². The van der Waals surface area contributed by atoms with Gasteiger partial charge in [0.15, 0.2) is 0 Å². The van der Waals surface area contributed by atoms with Crippen LogP contribution in [0, 0.1) is 0 Å². The minimum absolute atomic E-state index is 0. The molecule has 5 heteroatoms. The number of nitrogens with zero attached hydrogens (tertiary/aromatic N) is 1. The highest BCUT2D eigenvalue weighted by molar-refractivity contribution is 7.98. The monoisotopic (exact) mass is 314 g/mol. The van der Waals surface area contributed by atoms with E-state index in [1.165, 1.54) is 6.42 Å². The van der Waals surface area contributed by atoms with Crippen molar-refractivity contribution in [3.8, 4) is 0 Å². The molecule has 1 aliphatic heterocycles. The molecular weight excluding hydrogens is 292 g/mol. The molecule has 112 valence electrons. The SMILES string of the molecule is CSc1ccccc1C(=O)N1CCCCC1CCN.Cl. The Morgan fingerprint density at radius 1 is 1.40 bits per heavy atom. The van der Waals surface area contributed by atoms with Gasteiger partial charge in [0.25, 0.3) is 5.91 Å². The predicted molar refractivity (Wildman–Crippen MR) is 87.8 cm³/mol. The fourth-order valence-electron chi connectivity index (χ4n) is 2.74. The lowest BCUT2D eigenvalue weighted by Crippen LogP contribution is -2.44. The fraction of sp³-hybridized carbons (Fsp3) is 0.533. The molecule has 1 atom stereocenters. The molecule has 0 spiro atoms. The molecule has 1 saturated heterocycles. The molecule has 0 aromatic heterocycles. The molecule has 0 aliphatic carbocycles. The number of carbonyl (C=O) groups excluding carboxylic acids is 1. The highest BCUT2D eigenvalue weighted by Gasteiger charge is 2.27. The Hall–Kier alpha value is -0.710. The first-order chi connectivity index (χ1) is 9.27. The summed E-state index contributed by atoms with van der Waals surface area (Å²) in [5, 5.41) is 0. The Kier molecular flexibility index (Phi) is 7.41. The van der Waals surface area contributed by atoms with Crippen LogP contribution in [0.4, 0.5) is 0 Å². The molecule has 0 saturated carbocycles. The van der Waals surface area contributed by atoms with Crippen molar-refractivity contribution in [3.05, 3.63) is 29.8 Å². The van der Waals surface area contributed by atoms with Crippen molar-refractivity contribution in [3.63, 3.8) is 0 Å². The maximum Gasteiger partial charge on any atom is 0.255 e. The molecule has 3 nitrogen and oxygen atoms in total. The van der Waals surface area contributed by atoms with Gasteiger partial charge in [-0.25, -0.2) is 0 Å². The zero-order valence-electron chi connectivity index (χ0n) is 11.9. The maximum absolute atomic E-state index is 12.7. The summed E-state index contributed by atoms with van der Waals surface area (Å²) in [4.78, 5) is 15.8. The first-order valence-corrected chi connectivity index (χ1v) is 8.14. The number of nitrogens with two attached hydrogens (primary N) is 1. The van der Waals surface area contributed by atoms with E-state index in [1.807, 2.05) is 35.4 Å². The van der Waals surface area contributed by atoms with Crippen LogP contribution in [-0.2, 0) is 0 Å². The average Bonchev–Trinajstić information content (AvgIpc) is 2.47. The van der Waals surface area contributed by atoms with Crippen LogP contribution >= 0.6 is 24.2 Å². The third-order valence-corrected chi connectivity index (χ3v) is 4.52. The Labute approximate surface area is 131 Å². The van der Waals surface area contributed by atoms with Crippen LogP contribution in [0.15, 0.2) is 29.2 Å². The van der Waals surface area contributed by atoms with Crippen LogP contribution in [0.3, 0.4) is 0 Å². The number of benzene rings is 1. The smallest absolute Gasteiger partial charge is 0.255 e. The fourth-order valence-corrected chi connectivity index (χ4v) is 3.33. The van der Waals surface area contributed by atoms with Crippen LogP contribution in [0.1, 0.15) is 36.0 Å². The van der Waals surface area contributed by atoms with Gasteiger partial charge in [0.1, 0.15) is 0 Å². The first-order valence-electron chi connectivity index (χ1n) is 6.92. The Morgan fingerprint density at radius 3 is 2.85 bits per heavy atom. The third kappa shape index (κ3) is 3.90. The van der Waals surface area contributed by atoms with Crippen molar-refractivity contribution in [2.45, 2.75) is 36.6 Å². The van der Waals surface area contributed by atoms with Crippen molar-refractivity contribution in [2.75, 3.05) is 19.3 Å². The van der Waals surface area contributed by atoms with Gasteiger partial charge in [0, 0.05) is 17.5 Å². The van der Waals surface area contributed by atoms with E-state index in [0.29, 0.717) is 12.6 Å². The van der Waals surface area contributed by atoms with E-state index in [4.69, 9.17) is 5.73 Å². The molecular formula is C15H23ClN2OS. The van der Waals surface area contributed by atoms with Crippen LogP contribution in [0.5, 0.6) is 0 Å². The van der Waals surface area contributed by atoms with Gasteiger partial charge >= 0.3 is 0 Å². The Bertz CT molecular complexity index is 440. The van der Waals surface area contributed by atoms with Crippen molar-refractivity contribution in [1.29, 1.82) is 0 Å². The molecule has 1 amide bonds. The molecule has 1 aromatic carbocycles. The van der Waals surface area contributed by atoms with E-state index >= 15 is 0 Å². The summed E-state index contributed by atoms with van der Waals surface area (Å²) < 4.78 is 0. The number of carbonyl (C=O) groups is 1. The summed E-state index contributed by atoms with van der Waals surface area (Å²) in [6.45, 7) is 1.52. The lowest BCUT2D eigenvalue weighted by molar-refractivity contribution is 0.0601. The quantitative estimate of drug-likeness (QED) is 0.868. The lowest BCUT2D eigenvalue weighted by Gasteiger charge is -2.36. The summed E-state index contributed by atoms with van der Waals surface area (Å²) in [7, 11) is 0. The number of rotatable bonds is 4. The molecule has 0 bridgehead atoms. The third-order valence-electron chi connectivity index (χ3n) is 3.73.